The monoisotopic (exact) mass is 826 g/mol. The van der Waals surface area contributed by atoms with Crippen molar-refractivity contribution in [2.24, 2.45) is 50.7 Å². The zero-order valence-corrected chi connectivity index (χ0v) is 38.0. The Kier molecular flexibility index (Phi) is 10.7. The van der Waals surface area contributed by atoms with Crippen LogP contribution in [0.15, 0.2) is 71.7 Å². The van der Waals surface area contributed by atoms with E-state index in [0.717, 1.165) is 32.6 Å². The molecule has 0 amide bonds. The first-order chi connectivity index (χ1) is 27.8. The average Bonchev–Trinajstić information content (AvgIpc) is 3.60. The van der Waals surface area contributed by atoms with Crippen LogP contribution in [0, 0.1) is 50.7 Å². The van der Waals surface area contributed by atoms with Crippen molar-refractivity contribution in [2.45, 2.75) is 117 Å². The van der Waals surface area contributed by atoms with E-state index in [1.165, 1.54) is 68.1 Å². The number of benzene rings is 2. The lowest BCUT2D eigenvalue weighted by atomic mass is 9.29. The summed E-state index contributed by atoms with van der Waals surface area (Å²) in [5.41, 5.74) is 5.10. The maximum atomic E-state index is 13.4. The molecule has 4 unspecified atom stereocenters. The quantitative estimate of drug-likeness (QED) is 0.230. The van der Waals surface area contributed by atoms with E-state index in [1.54, 1.807) is 47.8 Å². The van der Waals surface area contributed by atoms with E-state index in [9.17, 15) is 18.3 Å². The normalized spacial score (nSPS) is 38.3. The van der Waals surface area contributed by atoms with Gasteiger partial charge in [-0.15, -0.1) is 0 Å². The molecule has 1 heterocycles. The second kappa shape index (κ2) is 14.8. The third-order valence-electron chi connectivity index (χ3n) is 18.8. The molecule has 0 bridgehead atoms. The molecule has 2 aromatic rings. The molecule has 6 aliphatic rings. The number of carboxylic acids is 1. The number of fused-ring (bicyclic) bond motifs is 7. The molecular formula is C50H71N3O5S. The molecule has 9 atom stereocenters. The molecule has 0 aromatic heterocycles. The first kappa shape index (κ1) is 42.7. The number of methoxy groups -OCH3 is 1. The van der Waals surface area contributed by atoms with Crippen molar-refractivity contribution in [1.29, 1.82) is 0 Å². The number of hydrogen-bond donors (Lipinski definition) is 2. The molecule has 8 nitrogen and oxygen atoms in total. The number of hydrogen-bond acceptors (Lipinski definition) is 6. The Morgan fingerprint density at radius 2 is 1.49 bits per heavy atom. The minimum atomic E-state index is -3.54. The van der Waals surface area contributed by atoms with Gasteiger partial charge in [-0.2, -0.15) is 4.31 Å². The number of carboxylic acid groups (broad SMARTS) is 1. The van der Waals surface area contributed by atoms with E-state index < -0.39 is 16.0 Å². The smallest absolute Gasteiger partial charge is 0.335 e. The van der Waals surface area contributed by atoms with Crippen LogP contribution in [0.1, 0.15) is 122 Å². The summed E-state index contributed by atoms with van der Waals surface area (Å²) in [5, 5.41) is 13.8. The molecule has 9 heteroatoms. The van der Waals surface area contributed by atoms with Crippen molar-refractivity contribution < 1.29 is 23.1 Å². The zero-order chi connectivity index (χ0) is 42.4. The Morgan fingerprint density at radius 3 is 2.12 bits per heavy atom. The first-order valence-electron chi connectivity index (χ1n) is 22.6. The summed E-state index contributed by atoms with van der Waals surface area (Å²) < 4.78 is 33.8. The van der Waals surface area contributed by atoms with Gasteiger partial charge in [0, 0.05) is 44.8 Å². The highest BCUT2D eigenvalue weighted by atomic mass is 32.2. The molecule has 2 aromatic carbocycles. The largest absolute Gasteiger partial charge is 0.497 e. The summed E-state index contributed by atoms with van der Waals surface area (Å²) in [6.07, 6.45) is 13.5. The number of nitrogens with zero attached hydrogens (tertiary/aromatic N) is 2. The van der Waals surface area contributed by atoms with Gasteiger partial charge >= 0.3 is 5.97 Å². The van der Waals surface area contributed by atoms with Crippen LogP contribution in [0.5, 0.6) is 5.75 Å². The fourth-order valence-electron chi connectivity index (χ4n) is 15.5. The van der Waals surface area contributed by atoms with Gasteiger partial charge in [0.1, 0.15) is 5.75 Å². The number of rotatable bonds is 10. The van der Waals surface area contributed by atoms with Gasteiger partial charge in [0.05, 0.1) is 17.6 Å². The number of sulfonamides is 1. The van der Waals surface area contributed by atoms with E-state index in [1.807, 2.05) is 12.1 Å². The van der Waals surface area contributed by atoms with Crippen molar-refractivity contribution in [1.82, 2.24) is 14.5 Å². The van der Waals surface area contributed by atoms with Crippen molar-refractivity contribution in [3.63, 3.8) is 0 Å². The zero-order valence-electron chi connectivity index (χ0n) is 37.2. The second-order valence-electron chi connectivity index (χ2n) is 21.3. The fourth-order valence-corrected chi connectivity index (χ4v) is 16.9. The van der Waals surface area contributed by atoms with Gasteiger partial charge in [0.2, 0.25) is 10.0 Å². The Labute approximate surface area is 355 Å². The van der Waals surface area contributed by atoms with Gasteiger partial charge in [0.15, 0.2) is 0 Å². The number of nitrogens with one attached hydrogen (secondary N) is 1. The third kappa shape index (κ3) is 6.44. The highest BCUT2D eigenvalue weighted by Crippen LogP contribution is 2.80. The highest BCUT2D eigenvalue weighted by Gasteiger charge is 2.74. The molecule has 5 aliphatic carbocycles. The topological polar surface area (TPSA) is 99.2 Å². The van der Waals surface area contributed by atoms with Crippen LogP contribution < -0.4 is 10.1 Å². The Bertz CT molecular complexity index is 2090. The van der Waals surface area contributed by atoms with Gasteiger partial charge in [-0.3, -0.25) is 4.90 Å². The summed E-state index contributed by atoms with van der Waals surface area (Å²) in [6, 6.07) is 14.3. The number of ether oxygens (including phenoxy) is 1. The standard InChI is InChI=1S/C50H71N3O5S/c1-34(2)39-18-25-50(51-28-29-52-30-32-53(33-31-52)59(56,57)38-16-14-37(58-9)15-17-38)27-26-49(8)47(6)23-20-41-45(3,4)40(35-10-12-36(13-11-35)44(54)55)19-22-46(41,5)42(47)21-24-48(49,7)43(39)50/h10-17,19,39,41-43,51H,1,18,20-33H2,2-9H3,(H,54,55)/t39-,41?,42?,43?,46-,47+,48?,49-,50-/m0/s1. The van der Waals surface area contributed by atoms with Gasteiger partial charge in [-0.25, -0.2) is 13.2 Å². The van der Waals surface area contributed by atoms with Crippen molar-refractivity contribution in [3.8, 4) is 5.75 Å². The minimum Gasteiger partial charge on any atom is -0.497 e. The van der Waals surface area contributed by atoms with Crippen LogP contribution in [-0.2, 0) is 10.0 Å². The van der Waals surface area contributed by atoms with Gasteiger partial charge in [-0.1, -0.05) is 71.9 Å². The lowest BCUT2D eigenvalue weighted by Gasteiger charge is -2.75. The van der Waals surface area contributed by atoms with Crippen LogP contribution in [0.2, 0.25) is 0 Å². The van der Waals surface area contributed by atoms with Crippen LogP contribution in [0.3, 0.4) is 0 Å². The second-order valence-corrected chi connectivity index (χ2v) is 23.2. The summed E-state index contributed by atoms with van der Waals surface area (Å²) >= 11 is 0. The van der Waals surface area contributed by atoms with Crippen LogP contribution in [0.4, 0.5) is 0 Å². The summed E-state index contributed by atoms with van der Waals surface area (Å²) in [6.45, 7) is 27.0. The van der Waals surface area contributed by atoms with Gasteiger partial charge in [-0.05, 0) is 163 Å². The summed E-state index contributed by atoms with van der Waals surface area (Å²) in [7, 11) is -1.95. The molecule has 8 rings (SSSR count). The van der Waals surface area contributed by atoms with E-state index in [0.29, 0.717) is 53.0 Å². The molecule has 322 valence electrons. The molecular weight excluding hydrogens is 755 g/mol. The Hall–Kier alpha value is -2.98. The maximum Gasteiger partial charge on any atom is 0.335 e. The van der Waals surface area contributed by atoms with E-state index >= 15 is 0 Å². The summed E-state index contributed by atoms with van der Waals surface area (Å²) in [5.74, 6) is 2.02. The van der Waals surface area contributed by atoms with Crippen molar-refractivity contribution in [2.75, 3.05) is 46.4 Å². The molecule has 5 fully saturated rings. The molecule has 0 spiro atoms. The number of allylic oxidation sites excluding steroid dienone is 3. The van der Waals surface area contributed by atoms with Crippen molar-refractivity contribution in [3.05, 3.63) is 77.9 Å². The predicted octanol–water partition coefficient (Wildman–Crippen LogP) is 9.78. The van der Waals surface area contributed by atoms with E-state index in [4.69, 9.17) is 4.74 Å². The van der Waals surface area contributed by atoms with Gasteiger partial charge in [0.25, 0.3) is 0 Å². The Balaban J connectivity index is 0.990. The molecule has 4 saturated carbocycles. The number of piperazine rings is 1. The lowest BCUT2D eigenvalue weighted by molar-refractivity contribution is -0.256. The molecule has 1 saturated heterocycles. The molecule has 59 heavy (non-hydrogen) atoms. The minimum absolute atomic E-state index is 0.0136. The van der Waals surface area contributed by atoms with Crippen LogP contribution in [0.25, 0.3) is 5.57 Å². The average molecular weight is 826 g/mol. The first-order valence-corrected chi connectivity index (χ1v) is 24.0. The van der Waals surface area contributed by atoms with Crippen LogP contribution in [-0.4, -0.2) is 80.6 Å². The highest BCUT2D eigenvalue weighted by molar-refractivity contribution is 7.89. The SMILES string of the molecule is C=C(C)[C@@H]1CC[C@]2(NCCN3CCN(S(=O)(=O)c4ccc(OC)cc4)CC3)CC[C@]3(C)C(C)(CCC4[C@@]5(C)CC=C(c6ccc(C(=O)O)cc6)C(C)(C)C5CC[C@]43C)C12. The maximum absolute atomic E-state index is 13.4. The summed E-state index contributed by atoms with van der Waals surface area (Å²) in [4.78, 5) is 14.4. The van der Waals surface area contributed by atoms with E-state index in [-0.39, 0.29) is 32.6 Å². The Morgan fingerprint density at radius 1 is 0.847 bits per heavy atom. The predicted molar refractivity (Wildman–Crippen MR) is 237 cm³/mol. The third-order valence-corrected chi connectivity index (χ3v) is 20.7. The lowest BCUT2D eigenvalue weighted by Crippen LogP contribution is -2.71. The molecule has 0 radical (unpaired) electrons. The van der Waals surface area contributed by atoms with Crippen LogP contribution >= 0.6 is 0 Å². The number of carbonyl (C=O) groups is 1. The number of aromatic carboxylic acids is 1. The molecule has 2 N–H and O–H groups in total. The molecule has 1 aliphatic heterocycles. The van der Waals surface area contributed by atoms with Crippen molar-refractivity contribution >= 4 is 21.6 Å². The van der Waals surface area contributed by atoms with Gasteiger partial charge < -0.3 is 15.2 Å². The fraction of sp³-hybridized carbons (Fsp3) is 0.660. The van der Waals surface area contributed by atoms with E-state index in [2.05, 4.69) is 71.3 Å².